The van der Waals surface area contributed by atoms with Crippen LogP contribution in [0.15, 0.2) is 17.4 Å². The van der Waals surface area contributed by atoms with Gasteiger partial charge < -0.3 is 15.8 Å². The number of nitrogens with two attached hydrogens (primary N) is 1. The van der Waals surface area contributed by atoms with Crippen LogP contribution in [0.5, 0.6) is 0 Å². The summed E-state index contributed by atoms with van der Waals surface area (Å²) in [6.07, 6.45) is 3.34. The Morgan fingerprint density at radius 1 is 1.67 bits per heavy atom. The number of esters is 1. The molecule has 84 valence electrons. The molecule has 0 bridgehead atoms. The van der Waals surface area contributed by atoms with Crippen LogP contribution in [0.3, 0.4) is 0 Å². The zero-order chi connectivity index (χ0) is 11.7. The van der Waals surface area contributed by atoms with Crippen molar-refractivity contribution < 1.29 is 17.9 Å². The SMILES string of the molecule is COC(=O)C1(S(C)(=O)=O)NC=CN=C1N. The van der Waals surface area contributed by atoms with E-state index >= 15 is 0 Å². The molecule has 0 aromatic heterocycles. The monoisotopic (exact) mass is 233 g/mol. The Morgan fingerprint density at radius 2 is 2.27 bits per heavy atom. The summed E-state index contributed by atoms with van der Waals surface area (Å²) in [5, 5.41) is 2.37. The number of aliphatic imine (C=N–C) groups is 1. The molecule has 0 amide bonds. The summed E-state index contributed by atoms with van der Waals surface area (Å²) in [5.74, 6) is -1.38. The Morgan fingerprint density at radius 3 is 2.67 bits per heavy atom. The minimum absolute atomic E-state index is 0.362. The van der Waals surface area contributed by atoms with Gasteiger partial charge >= 0.3 is 5.97 Å². The van der Waals surface area contributed by atoms with Crippen molar-refractivity contribution in [2.45, 2.75) is 4.87 Å². The van der Waals surface area contributed by atoms with Crippen LogP contribution in [0, 0.1) is 0 Å². The van der Waals surface area contributed by atoms with Crippen molar-refractivity contribution in [3.63, 3.8) is 0 Å². The van der Waals surface area contributed by atoms with Gasteiger partial charge in [0.1, 0.15) is 0 Å². The Bertz CT molecular complexity index is 439. The predicted octanol–water partition coefficient (Wildman–Crippen LogP) is -1.67. The number of ether oxygens (including phenoxy) is 1. The van der Waals surface area contributed by atoms with Crippen molar-refractivity contribution in [2.24, 2.45) is 10.7 Å². The van der Waals surface area contributed by atoms with Gasteiger partial charge in [0.2, 0.25) is 0 Å². The van der Waals surface area contributed by atoms with Crippen LogP contribution in [0.2, 0.25) is 0 Å². The number of carbonyl (C=O) groups excluding carboxylic acids is 1. The van der Waals surface area contributed by atoms with Crippen molar-refractivity contribution in [2.75, 3.05) is 13.4 Å². The lowest BCUT2D eigenvalue weighted by molar-refractivity contribution is -0.142. The minimum atomic E-state index is -3.84. The molecule has 1 unspecified atom stereocenters. The van der Waals surface area contributed by atoms with E-state index in [1.54, 1.807) is 0 Å². The third-order valence-corrected chi connectivity index (χ3v) is 3.57. The van der Waals surface area contributed by atoms with Gasteiger partial charge in [0.05, 0.1) is 7.11 Å². The Labute approximate surface area is 86.9 Å². The highest BCUT2D eigenvalue weighted by atomic mass is 32.2. The molecule has 3 N–H and O–H groups in total. The summed E-state index contributed by atoms with van der Waals surface area (Å²) >= 11 is 0. The molecule has 0 spiro atoms. The van der Waals surface area contributed by atoms with Crippen LogP contribution >= 0.6 is 0 Å². The minimum Gasteiger partial charge on any atom is -0.466 e. The molecule has 1 rings (SSSR count). The van der Waals surface area contributed by atoms with Crippen LogP contribution in [-0.2, 0) is 19.4 Å². The highest BCUT2D eigenvalue weighted by Gasteiger charge is 2.53. The largest absolute Gasteiger partial charge is 0.466 e. The van der Waals surface area contributed by atoms with Crippen LogP contribution in [-0.4, -0.2) is 38.5 Å². The van der Waals surface area contributed by atoms with Gasteiger partial charge in [-0.2, -0.15) is 0 Å². The second-order valence-corrected chi connectivity index (χ2v) is 5.08. The van der Waals surface area contributed by atoms with Gasteiger partial charge in [-0.3, -0.25) is 0 Å². The van der Waals surface area contributed by atoms with Gasteiger partial charge in [-0.15, -0.1) is 0 Å². The third kappa shape index (κ3) is 1.56. The van der Waals surface area contributed by atoms with E-state index in [-0.39, 0.29) is 5.84 Å². The molecule has 1 aliphatic heterocycles. The van der Waals surface area contributed by atoms with Crippen LogP contribution in [0.25, 0.3) is 0 Å². The highest BCUT2D eigenvalue weighted by molar-refractivity contribution is 7.93. The molecule has 0 saturated heterocycles. The quantitative estimate of drug-likeness (QED) is 0.552. The van der Waals surface area contributed by atoms with Crippen molar-refractivity contribution in [3.8, 4) is 0 Å². The topological polar surface area (TPSA) is 111 Å². The number of nitrogens with zero attached hydrogens (tertiary/aromatic N) is 1. The summed E-state index contributed by atoms with van der Waals surface area (Å²) in [5.41, 5.74) is 5.43. The van der Waals surface area contributed by atoms with E-state index in [0.29, 0.717) is 0 Å². The zero-order valence-electron chi connectivity index (χ0n) is 8.22. The molecular weight excluding hydrogens is 222 g/mol. The fraction of sp³-hybridized carbons (Fsp3) is 0.429. The number of hydrogen-bond acceptors (Lipinski definition) is 7. The van der Waals surface area contributed by atoms with E-state index in [2.05, 4.69) is 15.0 Å². The predicted molar refractivity (Wildman–Crippen MR) is 53.5 cm³/mol. The van der Waals surface area contributed by atoms with E-state index in [1.807, 2.05) is 0 Å². The summed E-state index contributed by atoms with van der Waals surface area (Å²) in [7, 11) is -2.77. The number of sulfone groups is 1. The molecule has 0 fully saturated rings. The molecule has 8 heteroatoms. The molecule has 1 atom stereocenters. The maximum Gasteiger partial charge on any atom is 0.355 e. The fourth-order valence-corrected chi connectivity index (χ4v) is 2.29. The van der Waals surface area contributed by atoms with E-state index in [4.69, 9.17) is 5.73 Å². The summed E-state index contributed by atoms with van der Waals surface area (Å²) in [6, 6.07) is 0. The van der Waals surface area contributed by atoms with Gasteiger partial charge in [-0.05, 0) is 0 Å². The van der Waals surface area contributed by atoms with Gasteiger partial charge in [-0.25, -0.2) is 18.2 Å². The van der Waals surface area contributed by atoms with Crippen molar-refractivity contribution in [3.05, 3.63) is 12.4 Å². The van der Waals surface area contributed by atoms with Gasteiger partial charge in [0, 0.05) is 18.7 Å². The van der Waals surface area contributed by atoms with Crippen LogP contribution in [0.4, 0.5) is 0 Å². The van der Waals surface area contributed by atoms with E-state index in [9.17, 15) is 13.2 Å². The maximum atomic E-state index is 11.6. The van der Waals surface area contributed by atoms with Gasteiger partial charge in [0.15, 0.2) is 15.7 Å². The van der Waals surface area contributed by atoms with Crippen molar-refractivity contribution in [1.82, 2.24) is 5.32 Å². The molecule has 15 heavy (non-hydrogen) atoms. The first-order valence-corrected chi connectivity index (χ1v) is 5.80. The second-order valence-electron chi connectivity index (χ2n) is 2.92. The standard InChI is InChI=1S/C7H11N3O4S/c1-14-6(11)7(15(2,12)13)5(8)9-3-4-10-7/h3-4,10H,1-2H3,(H2,8,9). The average molecular weight is 233 g/mol. The van der Waals surface area contributed by atoms with E-state index in [1.165, 1.54) is 12.4 Å². The normalized spacial score (nSPS) is 25.3. The van der Waals surface area contributed by atoms with Crippen molar-refractivity contribution >= 4 is 21.6 Å². The summed E-state index contributed by atoms with van der Waals surface area (Å²) < 4.78 is 27.5. The smallest absolute Gasteiger partial charge is 0.355 e. The third-order valence-electron chi connectivity index (χ3n) is 1.96. The number of hydrogen-bond donors (Lipinski definition) is 2. The molecule has 0 saturated carbocycles. The Hall–Kier alpha value is -1.57. The van der Waals surface area contributed by atoms with E-state index < -0.39 is 20.7 Å². The number of amidine groups is 1. The first-order chi connectivity index (χ1) is 6.86. The lowest BCUT2D eigenvalue weighted by atomic mass is 10.2. The van der Waals surface area contributed by atoms with Gasteiger partial charge in [0.25, 0.3) is 4.87 Å². The number of nitrogens with one attached hydrogen (secondary N) is 1. The lowest BCUT2D eigenvalue weighted by Gasteiger charge is -2.29. The first kappa shape index (κ1) is 11.5. The van der Waals surface area contributed by atoms with Crippen LogP contribution in [0.1, 0.15) is 0 Å². The summed E-state index contributed by atoms with van der Waals surface area (Å²) in [6.45, 7) is 0. The molecule has 1 aliphatic rings. The Balaban J connectivity index is 3.40. The highest BCUT2D eigenvalue weighted by Crippen LogP contribution is 2.18. The molecule has 0 aromatic rings. The van der Waals surface area contributed by atoms with Gasteiger partial charge in [-0.1, -0.05) is 0 Å². The lowest BCUT2D eigenvalue weighted by Crippen LogP contribution is -2.65. The zero-order valence-corrected chi connectivity index (χ0v) is 9.04. The Kier molecular flexibility index (Phi) is 2.71. The molecule has 0 aromatic carbocycles. The molecule has 7 nitrogen and oxygen atoms in total. The molecule has 1 heterocycles. The second kappa shape index (κ2) is 3.54. The fourth-order valence-electron chi connectivity index (χ4n) is 1.19. The van der Waals surface area contributed by atoms with Crippen LogP contribution < -0.4 is 11.1 Å². The number of rotatable bonds is 2. The molecule has 0 aliphatic carbocycles. The summed E-state index contributed by atoms with van der Waals surface area (Å²) in [4.78, 5) is 13.0. The molecular formula is C7H11N3O4S. The first-order valence-electron chi connectivity index (χ1n) is 3.90. The number of methoxy groups -OCH3 is 1. The number of carbonyl (C=O) groups is 1. The van der Waals surface area contributed by atoms with E-state index in [0.717, 1.165) is 13.4 Å². The molecule has 0 radical (unpaired) electrons. The maximum absolute atomic E-state index is 11.6. The van der Waals surface area contributed by atoms with Crippen molar-refractivity contribution in [1.29, 1.82) is 0 Å². The average Bonchev–Trinajstić information content (AvgIpc) is 2.15.